The van der Waals surface area contributed by atoms with Crippen LogP contribution in [0.3, 0.4) is 0 Å². The average molecular weight is 357 g/mol. The van der Waals surface area contributed by atoms with Crippen molar-refractivity contribution in [3.63, 3.8) is 0 Å². The third kappa shape index (κ3) is 4.68. The van der Waals surface area contributed by atoms with Gasteiger partial charge in [-0.05, 0) is 36.6 Å². The molecule has 1 fully saturated rings. The molecule has 3 rings (SSSR count). The maximum atomic E-state index is 10.4. The maximum absolute atomic E-state index is 10.4. The normalized spacial score (nSPS) is 16.8. The molecule has 0 saturated carbocycles. The van der Waals surface area contributed by atoms with E-state index in [1.807, 2.05) is 24.3 Å². The molecule has 0 aliphatic carbocycles. The van der Waals surface area contributed by atoms with Crippen LogP contribution < -0.4 is 9.47 Å². The van der Waals surface area contributed by atoms with Gasteiger partial charge in [-0.15, -0.1) is 0 Å². The molecule has 2 aromatic carbocycles. The molecule has 2 aromatic rings. The second-order valence-electron chi connectivity index (χ2n) is 6.62. The number of benzene rings is 2. The van der Waals surface area contributed by atoms with E-state index >= 15 is 0 Å². The molecule has 1 saturated heterocycles. The Kier molecular flexibility index (Phi) is 6.36. The minimum atomic E-state index is 0.210. The molecular formula is C21H27NO4. The molecule has 1 unspecified atom stereocenters. The van der Waals surface area contributed by atoms with Crippen LogP contribution in [-0.2, 0) is 17.8 Å². The lowest BCUT2D eigenvalue weighted by Crippen LogP contribution is -2.31. The summed E-state index contributed by atoms with van der Waals surface area (Å²) in [4.78, 5) is 2.31. The molecule has 1 heterocycles. The smallest absolute Gasteiger partial charge is 0.162 e. The Morgan fingerprint density at radius 1 is 1.08 bits per heavy atom. The van der Waals surface area contributed by atoms with Crippen molar-refractivity contribution < 1.29 is 19.3 Å². The van der Waals surface area contributed by atoms with Crippen LogP contribution in [0.15, 0.2) is 42.5 Å². The predicted octanol–water partition coefficient (Wildman–Crippen LogP) is 3.59. The number of ether oxygens (including phenoxy) is 3. The number of hydrogen-bond donors (Lipinski definition) is 1. The molecule has 5 heteroatoms. The summed E-state index contributed by atoms with van der Waals surface area (Å²) >= 11 is 0. The summed E-state index contributed by atoms with van der Waals surface area (Å²) in [5.74, 6) is 1.57. The van der Waals surface area contributed by atoms with E-state index in [1.165, 1.54) is 5.56 Å². The first-order chi connectivity index (χ1) is 12.7. The fourth-order valence-electron chi connectivity index (χ4n) is 3.35. The van der Waals surface area contributed by atoms with E-state index < -0.39 is 0 Å². The highest BCUT2D eigenvalue weighted by molar-refractivity contribution is 5.45. The number of hydrogen-bond acceptors (Lipinski definition) is 5. The molecule has 0 aromatic heterocycles. The van der Waals surface area contributed by atoms with Crippen molar-refractivity contribution in [3.05, 3.63) is 53.6 Å². The van der Waals surface area contributed by atoms with Gasteiger partial charge in [-0.3, -0.25) is 4.90 Å². The van der Waals surface area contributed by atoms with Crippen LogP contribution in [0.25, 0.3) is 0 Å². The fourth-order valence-corrected chi connectivity index (χ4v) is 3.35. The van der Waals surface area contributed by atoms with Gasteiger partial charge < -0.3 is 19.3 Å². The van der Waals surface area contributed by atoms with E-state index in [0.29, 0.717) is 12.3 Å². The molecular weight excluding hydrogens is 330 g/mol. The number of rotatable bonds is 8. The summed E-state index contributed by atoms with van der Waals surface area (Å²) in [5, 5.41) is 10.4. The molecule has 26 heavy (non-hydrogen) atoms. The molecule has 0 radical (unpaired) electrons. The van der Waals surface area contributed by atoms with Gasteiger partial charge in [0.05, 0.1) is 20.3 Å². The van der Waals surface area contributed by atoms with E-state index in [2.05, 4.69) is 17.0 Å². The van der Waals surface area contributed by atoms with E-state index in [1.54, 1.807) is 20.3 Å². The Hall–Kier alpha value is -2.24. The van der Waals surface area contributed by atoms with Crippen LogP contribution >= 0.6 is 0 Å². The van der Waals surface area contributed by atoms with Gasteiger partial charge >= 0.3 is 0 Å². The van der Waals surface area contributed by atoms with Gasteiger partial charge in [0.15, 0.2) is 11.5 Å². The summed E-state index contributed by atoms with van der Waals surface area (Å²) < 4.78 is 16.3. The third-order valence-electron chi connectivity index (χ3n) is 4.75. The molecule has 0 amide bonds. The van der Waals surface area contributed by atoms with Gasteiger partial charge in [-0.1, -0.05) is 24.3 Å². The van der Waals surface area contributed by atoms with Gasteiger partial charge in [0, 0.05) is 31.8 Å². The van der Waals surface area contributed by atoms with Crippen molar-refractivity contribution in [2.75, 3.05) is 27.4 Å². The second-order valence-corrected chi connectivity index (χ2v) is 6.62. The summed E-state index contributed by atoms with van der Waals surface area (Å²) in [7, 11) is 3.24. The second kappa shape index (κ2) is 8.92. The quantitative estimate of drug-likeness (QED) is 0.782. The molecule has 1 aliphatic heterocycles. The zero-order valence-electron chi connectivity index (χ0n) is 15.5. The molecule has 140 valence electrons. The highest BCUT2D eigenvalue weighted by Gasteiger charge is 2.21. The first kappa shape index (κ1) is 18.5. The van der Waals surface area contributed by atoms with Crippen molar-refractivity contribution >= 4 is 0 Å². The van der Waals surface area contributed by atoms with Gasteiger partial charge in [-0.2, -0.15) is 0 Å². The van der Waals surface area contributed by atoms with Crippen molar-refractivity contribution in [1.29, 1.82) is 0 Å². The number of nitrogens with zero attached hydrogens (tertiary/aromatic N) is 1. The number of phenols is 1. The first-order valence-corrected chi connectivity index (χ1v) is 9.01. The number of aromatic hydroxyl groups is 1. The monoisotopic (exact) mass is 357 g/mol. The number of phenolic OH excluding ortho intramolecular Hbond substituents is 1. The highest BCUT2D eigenvalue weighted by atomic mass is 16.5. The van der Waals surface area contributed by atoms with Gasteiger partial charge in [0.2, 0.25) is 0 Å². The lowest BCUT2D eigenvalue weighted by Gasteiger charge is -2.26. The first-order valence-electron chi connectivity index (χ1n) is 9.01. The Morgan fingerprint density at radius 3 is 2.54 bits per heavy atom. The van der Waals surface area contributed by atoms with Gasteiger partial charge in [0.1, 0.15) is 5.75 Å². The zero-order valence-corrected chi connectivity index (χ0v) is 15.5. The van der Waals surface area contributed by atoms with Crippen LogP contribution in [0, 0.1) is 0 Å². The van der Waals surface area contributed by atoms with Crippen molar-refractivity contribution in [2.24, 2.45) is 0 Å². The maximum Gasteiger partial charge on any atom is 0.162 e. The third-order valence-corrected chi connectivity index (χ3v) is 4.75. The van der Waals surface area contributed by atoms with E-state index in [9.17, 15) is 5.11 Å². The predicted molar refractivity (Wildman–Crippen MR) is 101 cm³/mol. The molecule has 5 nitrogen and oxygen atoms in total. The van der Waals surface area contributed by atoms with Crippen molar-refractivity contribution in [3.8, 4) is 17.2 Å². The number of para-hydroxylation sites is 1. The topological polar surface area (TPSA) is 51.2 Å². The standard InChI is InChI=1S/C21H27NO4/c1-24-18-10-8-16(9-11-18)13-22(15-19-6-4-12-26-19)14-17-5-3-7-20(25-2)21(17)23/h3,5,7-11,19,23H,4,6,12-15H2,1-2H3. The summed E-state index contributed by atoms with van der Waals surface area (Å²) in [6, 6.07) is 13.7. The van der Waals surface area contributed by atoms with Crippen LogP contribution in [0.1, 0.15) is 24.0 Å². The van der Waals surface area contributed by atoms with Crippen LogP contribution in [0.2, 0.25) is 0 Å². The largest absolute Gasteiger partial charge is 0.504 e. The zero-order chi connectivity index (χ0) is 18.4. The fraction of sp³-hybridized carbons (Fsp3) is 0.429. The molecule has 1 N–H and O–H groups in total. The Labute approximate surface area is 155 Å². The highest BCUT2D eigenvalue weighted by Crippen LogP contribution is 2.31. The van der Waals surface area contributed by atoms with E-state index in [0.717, 1.165) is 43.9 Å². The lowest BCUT2D eigenvalue weighted by molar-refractivity contribution is 0.0676. The SMILES string of the molecule is COc1ccc(CN(Cc2cccc(OC)c2O)CC2CCCO2)cc1. The molecule has 0 bridgehead atoms. The summed E-state index contributed by atoms with van der Waals surface area (Å²) in [5.41, 5.74) is 2.06. The number of methoxy groups -OCH3 is 2. The molecule has 1 atom stereocenters. The van der Waals surface area contributed by atoms with Crippen LogP contribution in [0.5, 0.6) is 17.2 Å². The van der Waals surface area contributed by atoms with Crippen molar-refractivity contribution in [2.45, 2.75) is 32.0 Å². The van der Waals surface area contributed by atoms with Crippen LogP contribution in [0.4, 0.5) is 0 Å². The van der Waals surface area contributed by atoms with Crippen LogP contribution in [-0.4, -0.2) is 43.5 Å². The Bertz CT molecular complexity index is 696. The molecule has 1 aliphatic rings. The molecule has 0 spiro atoms. The minimum absolute atomic E-state index is 0.210. The average Bonchev–Trinajstić information content (AvgIpc) is 3.17. The lowest BCUT2D eigenvalue weighted by atomic mass is 10.1. The van der Waals surface area contributed by atoms with Gasteiger partial charge in [0.25, 0.3) is 0 Å². The van der Waals surface area contributed by atoms with Crippen molar-refractivity contribution in [1.82, 2.24) is 4.90 Å². The van der Waals surface area contributed by atoms with E-state index in [-0.39, 0.29) is 11.9 Å². The van der Waals surface area contributed by atoms with E-state index in [4.69, 9.17) is 14.2 Å². The van der Waals surface area contributed by atoms with Gasteiger partial charge in [-0.25, -0.2) is 0 Å². The summed E-state index contributed by atoms with van der Waals surface area (Å²) in [6.45, 7) is 3.09. The Morgan fingerprint density at radius 2 is 1.88 bits per heavy atom. The summed E-state index contributed by atoms with van der Waals surface area (Å²) in [6.07, 6.45) is 2.45. The minimum Gasteiger partial charge on any atom is -0.504 e. The Balaban J connectivity index is 1.75.